The van der Waals surface area contributed by atoms with Gasteiger partial charge < -0.3 is 14.8 Å². The summed E-state index contributed by atoms with van der Waals surface area (Å²) in [7, 11) is 0. The van der Waals surface area contributed by atoms with E-state index in [-0.39, 0.29) is 12.0 Å². The van der Waals surface area contributed by atoms with Gasteiger partial charge in [-0.05, 0) is 31.9 Å². The molecule has 0 bridgehead atoms. The predicted molar refractivity (Wildman–Crippen MR) is 82.7 cm³/mol. The molecule has 0 fully saturated rings. The number of hydrogen-bond donors (Lipinski definition) is 1. The highest BCUT2D eigenvalue weighted by atomic mass is 16.5. The summed E-state index contributed by atoms with van der Waals surface area (Å²) < 4.78 is 11.5. The third-order valence-electron chi connectivity index (χ3n) is 3.45. The smallest absolute Gasteiger partial charge is 0.220 e. The largest absolute Gasteiger partial charge is 0.494 e. The van der Waals surface area contributed by atoms with Gasteiger partial charge >= 0.3 is 0 Å². The molecule has 1 N–H and O–H groups in total. The Morgan fingerprint density at radius 1 is 1.48 bits per heavy atom. The fourth-order valence-corrected chi connectivity index (χ4v) is 2.55. The second kappa shape index (κ2) is 6.83. The molecule has 0 saturated carbocycles. The molecule has 4 heteroatoms. The summed E-state index contributed by atoms with van der Waals surface area (Å²) >= 11 is 0. The average molecular weight is 291 g/mol. The number of benzene rings is 1. The Balaban J connectivity index is 2.10. The summed E-state index contributed by atoms with van der Waals surface area (Å²) in [6.45, 7) is 9.19. The molecular weight excluding hydrogens is 266 g/mol. The molecule has 1 aliphatic rings. The van der Waals surface area contributed by atoms with E-state index in [0.29, 0.717) is 25.5 Å². The van der Waals surface area contributed by atoms with Gasteiger partial charge in [-0.2, -0.15) is 0 Å². The van der Waals surface area contributed by atoms with Gasteiger partial charge in [0.1, 0.15) is 17.6 Å². The van der Waals surface area contributed by atoms with E-state index in [1.807, 2.05) is 32.9 Å². The molecule has 1 amide bonds. The molecule has 116 valence electrons. The van der Waals surface area contributed by atoms with Crippen molar-refractivity contribution in [3.8, 4) is 11.5 Å². The van der Waals surface area contributed by atoms with Crippen molar-refractivity contribution < 1.29 is 14.3 Å². The molecule has 1 heterocycles. The van der Waals surface area contributed by atoms with E-state index >= 15 is 0 Å². The average Bonchev–Trinajstić information content (AvgIpc) is 2.74. The number of fused-ring (bicyclic) bond motifs is 1. The Morgan fingerprint density at radius 3 is 2.90 bits per heavy atom. The van der Waals surface area contributed by atoms with Crippen LogP contribution in [0.25, 0.3) is 0 Å². The lowest BCUT2D eigenvalue weighted by Crippen LogP contribution is -2.24. The lowest BCUT2D eigenvalue weighted by atomic mass is 10.1. The Labute approximate surface area is 126 Å². The van der Waals surface area contributed by atoms with Crippen molar-refractivity contribution in [1.29, 1.82) is 0 Å². The molecule has 0 saturated heterocycles. The normalized spacial score (nSPS) is 16.5. The van der Waals surface area contributed by atoms with E-state index < -0.39 is 0 Å². The fraction of sp³-hybridized carbons (Fsp3) is 0.588. The van der Waals surface area contributed by atoms with Crippen molar-refractivity contribution in [3.63, 3.8) is 0 Å². The maximum absolute atomic E-state index is 11.8. The minimum atomic E-state index is 0.0715. The van der Waals surface area contributed by atoms with E-state index in [4.69, 9.17) is 9.47 Å². The lowest BCUT2D eigenvalue weighted by molar-refractivity contribution is -0.121. The van der Waals surface area contributed by atoms with Crippen LogP contribution in [0.2, 0.25) is 0 Å². The highest BCUT2D eigenvalue weighted by molar-refractivity contribution is 5.76. The van der Waals surface area contributed by atoms with Gasteiger partial charge in [0.2, 0.25) is 5.91 Å². The summed E-state index contributed by atoms with van der Waals surface area (Å²) in [5, 5.41) is 2.96. The zero-order valence-corrected chi connectivity index (χ0v) is 13.4. The Bertz CT molecular complexity index is 511. The second-order valence-corrected chi connectivity index (χ2v) is 6.01. The Kier molecular flexibility index (Phi) is 5.10. The first-order valence-electron chi connectivity index (χ1n) is 7.71. The van der Waals surface area contributed by atoms with Crippen molar-refractivity contribution in [2.24, 2.45) is 5.92 Å². The zero-order valence-electron chi connectivity index (χ0n) is 13.4. The van der Waals surface area contributed by atoms with Gasteiger partial charge in [-0.1, -0.05) is 13.8 Å². The summed E-state index contributed by atoms with van der Waals surface area (Å²) in [4.78, 5) is 11.8. The molecule has 0 spiro atoms. The number of carbonyl (C=O) groups excluding carboxylic acids is 1. The highest BCUT2D eigenvalue weighted by Gasteiger charge is 2.22. The van der Waals surface area contributed by atoms with Crippen molar-refractivity contribution in [1.82, 2.24) is 5.32 Å². The Morgan fingerprint density at radius 2 is 2.24 bits per heavy atom. The standard InChI is InChI=1S/C17H25NO3/c1-5-20-15-8-13-7-12(4)21-16(13)9-14(15)10-18-17(19)6-11(2)3/h8-9,11-12H,5-7,10H2,1-4H3,(H,18,19)/t12-/m0/s1. The minimum absolute atomic E-state index is 0.0715. The third kappa shape index (κ3) is 4.13. The van der Waals surface area contributed by atoms with Crippen LogP contribution in [0.4, 0.5) is 0 Å². The molecule has 1 aliphatic heterocycles. The first-order valence-corrected chi connectivity index (χ1v) is 7.71. The van der Waals surface area contributed by atoms with Crippen LogP contribution in [-0.4, -0.2) is 18.6 Å². The van der Waals surface area contributed by atoms with Gasteiger partial charge in [-0.25, -0.2) is 0 Å². The summed E-state index contributed by atoms with van der Waals surface area (Å²) in [6.07, 6.45) is 1.66. The summed E-state index contributed by atoms with van der Waals surface area (Å²) in [5.41, 5.74) is 2.16. The molecular formula is C17H25NO3. The van der Waals surface area contributed by atoms with Crippen molar-refractivity contribution >= 4 is 5.91 Å². The number of nitrogens with one attached hydrogen (secondary N) is 1. The molecule has 0 radical (unpaired) electrons. The second-order valence-electron chi connectivity index (χ2n) is 6.01. The van der Waals surface area contributed by atoms with Gasteiger partial charge in [0.15, 0.2) is 0 Å². The van der Waals surface area contributed by atoms with Gasteiger partial charge in [0.05, 0.1) is 6.61 Å². The van der Waals surface area contributed by atoms with E-state index in [1.54, 1.807) is 0 Å². The quantitative estimate of drug-likeness (QED) is 0.876. The third-order valence-corrected chi connectivity index (χ3v) is 3.45. The SMILES string of the molecule is CCOc1cc2c(cc1CNC(=O)CC(C)C)O[C@@H](C)C2. The fourth-order valence-electron chi connectivity index (χ4n) is 2.55. The zero-order chi connectivity index (χ0) is 15.4. The maximum atomic E-state index is 11.8. The van der Waals surface area contributed by atoms with E-state index in [2.05, 4.69) is 12.2 Å². The van der Waals surface area contributed by atoms with Gasteiger partial charge in [-0.15, -0.1) is 0 Å². The van der Waals surface area contributed by atoms with Crippen LogP contribution in [0.3, 0.4) is 0 Å². The highest BCUT2D eigenvalue weighted by Crippen LogP contribution is 2.35. The monoisotopic (exact) mass is 291 g/mol. The summed E-state index contributed by atoms with van der Waals surface area (Å²) in [6, 6.07) is 4.05. The van der Waals surface area contributed by atoms with Crippen LogP contribution in [0.1, 0.15) is 45.2 Å². The maximum Gasteiger partial charge on any atom is 0.220 e. The summed E-state index contributed by atoms with van der Waals surface area (Å²) in [5.74, 6) is 2.20. The minimum Gasteiger partial charge on any atom is -0.494 e. The molecule has 1 atom stereocenters. The molecule has 1 aromatic rings. The van der Waals surface area contributed by atoms with Crippen LogP contribution < -0.4 is 14.8 Å². The predicted octanol–water partition coefficient (Wildman–Crippen LogP) is 3.07. The van der Waals surface area contributed by atoms with Crippen molar-refractivity contribution in [2.45, 2.75) is 53.2 Å². The van der Waals surface area contributed by atoms with Crippen LogP contribution in [0.5, 0.6) is 11.5 Å². The molecule has 0 unspecified atom stereocenters. The van der Waals surface area contributed by atoms with E-state index in [1.165, 1.54) is 5.56 Å². The molecule has 2 rings (SSSR count). The molecule has 1 aromatic carbocycles. The van der Waals surface area contributed by atoms with Crippen LogP contribution >= 0.6 is 0 Å². The van der Waals surface area contributed by atoms with Crippen molar-refractivity contribution in [3.05, 3.63) is 23.3 Å². The van der Waals surface area contributed by atoms with Crippen LogP contribution in [0, 0.1) is 5.92 Å². The van der Waals surface area contributed by atoms with Crippen LogP contribution in [0.15, 0.2) is 12.1 Å². The number of rotatable bonds is 6. The molecule has 0 aromatic heterocycles. The number of carbonyl (C=O) groups is 1. The van der Waals surface area contributed by atoms with Crippen LogP contribution in [-0.2, 0) is 17.8 Å². The topological polar surface area (TPSA) is 47.6 Å². The number of hydrogen-bond acceptors (Lipinski definition) is 3. The molecule has 21 heavy (non-hydrogen) atoms. The van der Waals surface area contributed by atoms with Gasteiger partial charge in [0.25, 0.3) is 0 Å². The first kappa shape index (κ1) is 15.7. The number of ether oxygens (including phenoxy) is 2. The first-order chi connectivity index (χ1) is 9.99. The van der Waals surface area contributed by atoms with E-state index in [0.717, 1.165) is 23.5 Å². The lowest BCUT2D eigenvalue weighted by Gasteiger charge is -2.14. The van der Waals surface area contributed by atoms with Gasteiger partial charge in [0, 0.05) is 30.5 Å². The van der Waals surface area contributed by atoms with Gasteiger partial charge in [-0.3, -0.25) is 4.79 Å². The Hall–Kier alpha value is -1.71. The van der Waals surface area contributed by atoms with E-state index in [9.17, 15) is 4.79 Å². The number of amides is 1. The molecule has 0 aliphatic carbocycles. The molecule has 4 nitrogen and oxygen atoms in total. The van der Waals surface area contributed by atoms with Crippen molar-refractivity contribution in [2.75, 3.05) is 6.61 Å².